The number of ether oxygens (including phenoxy) is 9. The molecule has 0 aromatic heterocycles. The highest BCUT2D eigenvalue weighted by atomic mass is 16.8. The first kappa shape index (κ1) is 49.1. The first-order valence-electron chi connectivity index (χ1n) is 19.3. The fourth-order valence-corrected chi connectivity index (χ4v) is 7.73. The maximum atomic E-state index is 12.5. The standard InChI is InChI=1S/C34H58N2O24/c1-8-17(42)19(44)15(35-10(3)40)31(52-8)57-27-13(6-38)56-34(25(50)22(27)47)60-29-16(36-11(4)41)32(53-9(2)18(29)43)58-28-14(7-39)55-33(24(49)21(28)46)59-26-12(5-37)54-30(51)23(48)20(26)45/h8-9,12-34,37-39,42-51H,5-7H2,1-4H3,(H,35,40)(H,36,41)/t8-,9-,12+,13+,14+,15-,16-,17-,18-,19-,20+,21+,22+,23+,24+,25+,26+,27+,28+,29-,30-,31-,32-,33+,34+/m0/s1. The quantitative estimate of drug-likeness (QED) is 0.0817. The molecule has 60 heavy (non-hydrogen) atoms. The Balaban J connectivity index is 1.32. The smallest absolute Gasteiger partial charge is 0.217 e. The van der Waals surface area contributed by atoms with Crippen LogP contribution in [0.1, 0.15) is 27.7 Å². The lowest BCUT2D eigenvalue weighted by atomic mass is 9.94. The van der Waals surface area contributed by atoms with Crippen LogP contribution in [0.15, 0.2) is 0 Å². The summed E-state index contributed by atoms with van der Waals surface area (Å²) in [5, 5.41) is 143. The van der Waals surface area contributed by atoms with Crippen LogP contribution in [0.4, 0.5) is 0 Å². The van der Waals surface area contributed by atoms with Crippen LogP contribution in [0.25, 0.3) is 0 Å². The van der Waals surface area contributed by atoms with E-state index in [9.17, 15) is 76.0 Å². The van der Waals surface area contributed by atoms with Crippen molar-refractivity contribution in [3.05, 3.63) is 0 Å². The number of hydrogen-bond acceptors (Lipinski definition) is 24. The Bertz CT molecular complexity index is 1400. The highest BCUT2D eigenvalue weighted by Crippen LogP contribution is 2.35. The third-order valence-corrected chi connectivity index (χ3v) is 11.0. The molecule has 26 nitrogen and oxygen atoms in total. The van der Waals surface area contributed by atoms with E-state index in [1.807, 2.05) is 0 Å². The fourth-order valence-electron chi connectivity index (χ4n) is 7.73. The van der Waals surface area contributed by atoms with Gasteiger partial charge in [0.1, 0.15) is 110 Å². The first-order chi connectivity index (χ1) is 28.2. The van der Waals surface area contributed by atoms with Gasteiger partial charge in [-0.2, -0.15) is 0 Å². The van der Waals surface area contributed by atoms with E-state index >= 15 is 0 Å². The van der Waals surface area contributed by atoms with E-state index in [1.54, 1.807) is 0 Å². The summed E-state index contributed by atoms with van der Waals surface area (Å²) < 4.78 is 51.3. The van der Waals surface area contributed by atoms with Crippen LogP contribution in [0.5, 0.6) is 0 Å². The summed E-state index contributed by atoms with van der Waals surface area (Å²) in [4.78, 5) is 24.4. The predicted octanol–water partition coefficient (Wildman–Crippen LogP) is -9.58. The monoisotopic (exact) mass is 878 g/mol. The van der Waals surface area contributed by atoms with E-state index in [1.165, 1.54) is 13.8 Å². The summed E-state index contributed by atoms with van der Waals surface area (Å²) in [6.45, 7) is 2.34. The summed E-state index contributed by atoms with van der Waals surface area (Å²) in [7, 11) is 0. The second-order valence-corrected chi connectivity index (χ2v) is 15.4. The zero-order valence-corrected chi connectivity index (χ0v) is 32.9. The Kier molecular flexibility index (Phi) is 16.9. The summed E-state index contributed by atoms with van der Waals surface area (Å²) in [5.41, 5.74) is 0. The molecule has 5 aliphatic rings. The molecule has 5 rings (SSSR count). The zero-order chi connectivity index (χ0) is 44.5. The Morgan fingerprint density at radius 1 is 0.433 bits per heavy atom. The van der Waals surface area contributed by atoms with Gasteiger partial charge in [-0.1, -0.05) is 0 Å². The van der Waals surface area contributed by atoms with Crippen molar-refractivity contribution in [2.24, 2.45) is 0 Å². The largest absolute Gasteiger partial charge is 0.394 e. The molecule has 0 saturated carbocycles. The van der Waals surface area contributed by atoms with Crippen LogP contribution in [0.3, 0.4) is 0 Å². The van der Waals surface area contributed by atoms with Crippen molar-refractivity contribution in [3.8, 4) is 0 Å². The van der Waals surface area contributed by atoms with Crippen molar-refractivity contribution < 1.29 is 119 Å². The van der Waals surface area contributed by atoms with Gasteiger partial charge in [-0.25, -0.2) is 0 Å². The van der Waals surface area contributed by atoms with Gasteiger partial charge in [-0.05, 0) is 13.8 Å². The van der Waals surface area contributed by atoms with Crippen molar-refractivity contribution in [1.29, 1.82) is 0 Å². The number of rotatable bonds is 13. The second-order valence-electron chi connectivity index (χ2n) is 15.4. The molecule has 2 amide bonds. The van der Waals surface area contributed by atoms with Crippen LogP contribution in [0.2, 0.25) is 0 Å². The molecule has 0 aromatic rings. The highest BCUT2D eigenvalue weighted by molar-refractivity contribution is 5.73. The van der Waals surface area contributed by atoms with E-state index in [0.717, 1.165) is 13.8 Å². The van der Waals surface area contributed by atoms with Gasteiger partial charge in [0.25, 0.3) is 0 Å². The number of carbonyl (C=O) groups is 2. The molecule has 26 heteroatoms. The number of aliphatic hydroxyl groups is 13. The van der Waals surface area contributed by atoms with E-state index < -0.39 is 185 Å². The topological polar surface area (TPSA) is 404 Å². The molecular formula is C34H58N2O24. The third kappa shape index (κ3) is 10.4. The second kappa shape index (κ2) is 20.7. The minimum Gasteiger partial charge on any atom is -0.394 e. The minimum absolute atomic E-state index is 0.635. The Morgan fingerprint density at radius 3 is 1.25 bits per heavy atom. The Hall–Kier alpha value is -1.94. The van der Waals surface area contributed by atoms with Gasteiger partial charge in [-0.3, -0.25) is 9.59 Å². The van der Waals surface area contributed by atoms with Crippen LogP contribution in [-0.4, -0.2) is 251 Å². The van der Waals surface area contributed by atoms with Gasteiger partial charge in [0.2, 0.25) is 11.8 Å². The van der Waals surface area contributed by atoms with Gasteiger partial charge in [0.05, 0.1) is 32.0 Å². The molecule has 5 aliphatic heterocycles. The Morgan fingerprint density at radius 2 is 0.800 bits per heavy atom. The fraction of sp³-hybridized carbons (Fsp3) is 0.941. The average molecular weight is 879 g/mol. The molecule has 5 fully saturated rings. The molecule has 0 aliphatic carbocycles. The average Bonchev–Trinajstić information content (AvgIpc) is 3.20. The third-order valence-electron chi connectivity index (χ3n) is 11.0. The van der Waals surface area contributed by atoms with Crippen molar-refractivity contribution in [1.82, 2.24) is 10.6 Å². The van der Waals surface area contributed by atoms with Gasteiger partial charge in [-0.15, -0.1) is 0 Å². The predicted molar refractivity (Wildman–Crippen MR) is 187 cm³/mol. The molecule has 0 aromatic carbocycles. The van der Waals surface area contributed by atoms with Gasteiger partial charge in [0, 0.05) is 13.8 Å². The van der Waals surface area contributed by atoms with Crippen molar-refractivity contribution in [2.75, 3.05) is 19.8 Å². The number of hydrogen-bond donors (Lipinski definition) is 15. The highest BCUT2D eigenvalue weighted by Gasteiger charge is 2.56. The zero-order valence-electron chi connectivity index (χ0n) is 32.9. The van der Waals surface area contributed by atoms with Crippen LogP contribution < -0.4 is 10.6 Å². The number of aliphatic hydroxyl groups excluding tert-OH is 13. The molecular weight excluding hydrogens is 820 g/mol. The summed E-state index contributed by atoms with van der Waals surface area (Å²) >= 11 is 0. The Labute approximate surface area is 342 Å². The maximum absolute atomic E-state index is 12.5. The number of carbonyl (C=O) groups excluding carboxylic acids is 2. The van der Waals surface area contributed by atoms with Crippen LogP contribution >= 0.6 is 0 Å². The van der Waals surface area contributed by atoms with Crippen LogP contribution in [0, 0.1) is 0 Å². The molecule has 348 valence electrons. The summed E-state index contributed by atoms with van der Waals surface area (Å²) in [6.07, 6.45) is -38.8. The van der Waals surface area contributed by atoms with Crippen molar-refractivity contribution in [2.45, 2.75) is 181 Å². The van der Waals surface area contributed by atoms with E-state index in [4.69, 9.17) is 42.6 Å². The number of nitrogens with one attached hydrogen (secondary N) is 2. The molecule has 0 bridgehead atoms. The lowest BCUT2D eigenvalue weighted by Crippen LogP contribution is -2.70. The first-order valence-corrected chi connectivity index (χ1v) is 19.3. The lowest BCUT2D eigenvalue weighted by molar-refractivity contribution is -0.380. The van der Waals surface area contributed by atoms with Crippen molar-refractivity contribution >= 4 is 11.8 Å². The molecule has 0 radical (unpaired) electrons. The van der Waals surface area contributed by atoms with E-state index in [2.05, 4.69) is 10.6 Å². The van der Waals surface area contributed by atoms with Gasteiger partial charge < -0.3 is 120 Å². The van der Waals surface area contributed by atoms with Crippen LogP contribution in [-0.2, 0) is 52.2 Å². The van der Waals surface area contributed by atoms with Gasteiger partial charge in [0.15, 0.2) is 31.5 Å². The minimum atomic E-state index is -2.03. The van der Waals surface area contributed by atoms with Gasteiger partial charge >= 0.3 is 0 Å². The summed E-state index contributed by atoms with van der Waals surface area (Å²) in [5.74, 6) is -1.38. The van der Waals surface area contributed by atoms with Crippen molar-refractivity contribution in [3.63, 3.8) is 0 Å². The molecule has 5 heterocycles. The maximum Gasteiger partial charge on any atom is 0.217 e. The number of amides is 2. The van der Waals surface area contributed by atoms with E-state index in [-0.39, 0.29) is 0 Å². The molecule has 0 spiro atoms. The summed E-state index contributed by atoms with van der Waals surface area (Å²) in [6, 6.07) is -2.93. The molecule has 5 saturated heterocycles. The normalized spacial score (nSPS) is 50.2. The lowest BCUT2D eigenvalue weighted by Gasteiger charge is -2.50. The molecule has 0 unspecified atom stereocenters. The van der Waals surface area contributed by atoms with E-state index in [0.29, 0.717) is 0 Å². The molecule has 15 N–H and O–H groups in total. The molecule has 25 atom stereocenters. The SMILES string of the molecule is CC(=O)N[C@@H]1[C@H](O[C@H]2[C@H](O)[C@@H](O)[C@@H](O[C@@H]3[C@@H](O)[C@H](C)O[C@@H](O[C@H]4[C@H](O)[C@@H](O)[C@@H](O[C@H]5[C@H](O)[C@@H](O)[C@@H](O)O[C@@H]5CO)O[C@@H]4CO)[C@H]3NC(C)=O)O[C@@H]2CO)O[C@@H](C)[C@H](O)[C@H]1O.